The molecule has 29 heavy (non-hydrogen) atoms. The number of piperidine rings is 1. The summed E-state index contributed by atoms with van der Waals surface area (Å²) in [6, 6.07) is 10.5. The van der Waals surface area contributed by atoms with Crippen LogP contribution in [-0.2, 0) is 0 Å². The third-order valence-electron chi connectivity index (χ3n) is 5.94. The van der Waals surface area contributed by atoms with Gasteiger partial charge in [-0.15, -0.1) is 0 Å². The van der Waals surface area contributed by atoms with Gasteiger partial charge in [-0.3, -0.25) is 4.79 Å². The van der Waals surface area contributed by atoms with Gasteiger partial charge in [-0.05, 0) is 82.3 Å². The zero-order chi connectivity index (χ0) is 20.5. The Labute approximate surface area is 172 Å². The second-order valence-corrected chi connectivity index (χ2v) is 8.14. The van der Waals surface area contributed by atoms with Crippen LogP contribution in [0.15, 0.2) is 36.5 Å². The van der Waals surface area contributed by atoms with Crippen molar-refractivity contribution in [1.29, 1.82) is 0 Å². The number of nitrogens with zero attached hydrogens (tertiary/aromatic N) is 3. The standard InChI is InChI=1S/C24H28N4O/c1-15-8-10-19(13-16(15)2)27-22-20-11-9-17(3)26-23(20)25-14-21(22)24(29)28-12-6-5-7-18(28)4/h8-11,13-14,18H,5-7,12H2,1-4H3,(H,25,26,27)/t18-/m1/s1. The highest BCUT2D eigenvalue weighted by Gasteiger charge is 2.27. The lowest BCUT2D eigenvalue weighted by atomic mass is 10.0. The van der Waals surface area contributed by atoms with Crippen molar-refractivity contribution in [3.63, 3.8) is 0 Å². The van der Waals surface area contributed by atoms with Crippen molar-refractivity contribution in [3.8, 4) is 0 Å². The molecule has 0 saturated carbocycles. The largest absolute Gasteiger partial charge is 0.354 e. The molecule has 1 atom stereocenters. The molecule has 150 valence electrons. The topological polar surface area (TPSA) is 58.1 Å². The molecule has 1 aliphatic rings. The van der Waals surface area contributed by atoms with E-state index >= 15 is 0 Å². The van der Waals surface area contributed by atoms with Crippen molar-refractivity contribution in [1.82, 2.24) is 14.9 Å². The van der Waals surface area contributed by atoms with Crippen molar-refractivity contribution >= 4 is 28.3 Å². The van der Waals surface area contributed by atoms with Gasteiger partial charge < -0.3 is 10.2 Å². The molecular formula is C24H28N4O. The molecule has 3 heterocycles. The SMILES string of the molecule is Cc1ccc2c(Nc3ccc(C)c(C)c3)c(C(=O)N3CCCC[C@H]3C)cnc2n1. The van der Waals surface area contributed by atoms with E-state index in [-0.39, 0.29) is 11.9 Å². The molecule has 0 unspecified atom stereocenters. The second kappa shape index (κ2) is 7.82. The highest BCUT2D eigenvalue weighted by atomic mass is 16.2. The molecule has 1 aliphatic heterocycles. The van der Waals surface area contributed by atoms with Gasteiger partial charge in [-0.25, -0.2) is 9.97 Å². The fourth-order valence-electron chi connectivity index (χ4n) is 3.99. The number of amides is 1. The van der Waals surface area contributed by atoms with E-state index in [1.807, 2.05) is 30.0 Å². The predicted molar refractivity (Wildman–Crippen MR) is 118 cm³/mol. The monoisotopic (exact) mass is 388 g/mol. The number of hydrogen-bond donors (Lipinski definition) is 1. The Bertz CT molecular complexity index is 1080. The maximum atomic E-state index is 13.5. The summed E-state index contributed by atoms with van der Waals surface area (Å²) in [5, 5.41) is 4.38. The van der Waals surface area contributed by atoms with Crippen LogP contribution < -0.4 is 5.32 Å². The van der Waals surface area contributed by atoms with E-state index in [1.165, 1.54) is 17.5 Å². The first-order chi connectivity index (χ1) is 13.9. The number of benzene rings is 1. The summed E-state index contributed by atoms with van der Waals surface area (Å²) in [7, 11) is 0. The second-order valence-electron chi connectivity index (χ2n) is 8.14. The molecule has 0 aliphatic carbocycles. The number of carbonyl (C=O) groups excluding carboxylic acids is 1. The minimum Gasteiger partial charge on any atom is -0.354 e. The molecule has 0 radical (unpaired) electrons. The van der Waals surface area contributed by atoms with E-state index < -0.39 is 0 Å². The molecule has 1 aromatic carbocycles. The molecule has 0 spiro atoms. The Hall–Kier alpha value is -2.95. The van der Waals surface area contributed by atoms with Crippen molar-refractivity contribution < 1.29 is 4.79 Å². The Morgan fingerprint density at radius 2 is 1.93 bits per heavy atom. The maximum absolute atomic E-state index is 13.5. The van der Waals surface area contributed by atoms with Crippen LogP contribution >= 0.6 is 0 Å². The minimum absolute atomic E-state index is 0.0403. The van der Waals surface area contributed by atoms with E-state index in [2.05, 4.69) is 48.2 Å². The Balaban J connectivity index is 1.82. The molecule has 1 saturated heterocycles. The van der Waals surface area contributed by atoms with E-state index in [9.17, 15) is 4.79 Å². The number of rotatable bonds is 3. The molecule has 2 aromatic heterocycles. The summed E-state index contributed by atoms with van der Waals surface area (Å²) in [6.45, 7) is 9.07. The predicted octanol–water partition coefficient (Wildman–Crippen LogP) is 5.31. The van der Waals surface area contributed by atoms with Crippen LogP contribution in [0.2, 0.25) is 0 Å². The first-order valence-electron chi connectivity index (χ1n) is 10.4. The normalized spacial score (nSPS) is 16.8. The summed E-state index contributed by atoms with van der Waals surface area (Å²) in [4.78, 5) is 24.5. The fourth-order valence-corrected chi connectivity index (χ4v) is 3.99. The van der Waals surface area contributed by atoms with Crippen molar-refractivity contribution in [3.05, 3.63) is 58.9 Å². The van der Waals surface area contributed by atoms with Gasteiger partial charge in [0, 0.05) is 35.6 Å². The highest BCUT2D eigenvalue weighted by Crippen LogP contribution is 2.31. The molecule has 4 rings (SSSR count). The Kier molecular flexibility index (Phi) is 5.22. The molecule has 3 aromatic rings. The van der Waals surface area contributed by atoms with Gasteiger partial charge in [0.1, 0.15) is 0 Å². The van der Waals surface area contributed by atoms with Crippen LogP contribution in [0.1, 0.15) is 53.4 Å². The average molecular weight is 389 g/mol. The van der Waals surface area contributed by atoms with Gasteiger partial charge >= 0.3 is 0 Å². The van der Waals surface area contributed by atoms with Crippen molar-refractivity contribution in [2.75, 3.05) is 11.9 Å². The number of hydrogen-bond acceptors (Lipinski definition) is 4. The summed E-state index contributed by atoms with van der Waals surface area (Å²) in [5.74, 6) is 0.0403. The Morgan fingerprint density at radius 3 is 2.69 bits per heavy atom. The molecule has 1 fully saturated rings. The number of aromatic nitrogens is 2. The van der Waals surface area contributed by atoms with Crippen LogP contribution in [0, 0.1) is 20.8 Å². The van der Waals surface area contributed by atoms with Crippen LogP contribution in [0.4, 0.5) is 11.4 Å². The first kappa shape index (κ1) is 19.4. The molecule has 1 N–H and O–H groups in total. The number of pyridine rings is 2. The maximum Gasteiger partial charge on any atom is 0.257 e. The van der Waals surface area contributed by atoms with Crippen LogP contribution in [0.25, 0.3) is 11.0 Å². The number of fused-ring (bicyclic) bond motifs is 1. The van der Waals surface area contributed by atoms with Gasteiger partial charge in [0.15, 0.2) is 5.65 Å². The lowest BCUT2D eigenvalue weighted by molar-refractivity contribution is 0.0636. The van der Waals surface area contributed by atoms with Gasteiger partial charge in [-0.2, -0.15) is 0 Å². The van der Waals surface area contributed by atoms with Gasteiger partial charge in [-0.1, -0.05) is 6.07 Å². The van der Waals surface area contributed by atoms with E-state index in [0.717, 1.165) is 41.8 Å². The molecular weight excluding hydrogens is 360 g/mol. The van der Waals surface area contributed by atoms with Gasteiger partial charge in [0.25, 0.3) is 5.91 Å². The first-order valence-corrected chi connectivity index (χ1v) is 10.4. The summed E-state index contributed by atoms with van der Waals surface area (Å²) >= 11 is 0. The summed E-state index contributed by atoms with van der Waals surface area (Å²) in [5.41, 5.74) is 6.36. The van der Waals surface area contributed by atoms with Crippen molar-refractivity contribution in [2.24, 2.45) is 0 Å². The lowest BCUT2D eigenvalue weighted by Crippen LogP contribution is -2.42. The number of aryl methyl sites for hydroxylation is 3. The number of anilines is 2. The Morgan fingerprint density at radius 1 is 1.10 bits per heavy atom. The molecule has 5 heteroatoms. The summed E-state index contributed by atoms with van der Waals surface area (Å²) < 4.78 is 0. The van der Waals surface area contributed by atoms with Crippen LogP contribution in [0.5, 0.6) is 0 Å². The van der Waals surface area contributed by atoms with E-state index in [1.54, 1.807) is 6.20 Å². The highest BCUT2D eigenvalue weighted by molar-refractivity contribution is 6.07. The smallest absolute Gasteiger partial charge is 0.257 e. The number of nitrogens with one attached hydrogen (secondary N) is 1. The van der Waals surface area contributed by atoms with Gasteiger partial charge in [0.2, 0.25) is 0 Å². The quantitative estimate of drug-likeness (QED) is 0.660. The van der Waals surface area contributed by atoms with Crippen molar-refractivity contribution in [2.45, 2.75) is 53.0 Å². The summed E-state index contributed by atoms with van der Waals surface area (Å²) in [6.07, 6.45) is 4.96. The molecule has 5 nitrogen and oxygen atoms in total. The third-order valence-corrected chi connectivity index (χ3v) is 5.94. The molecule has 0 bridgehead atoms. The number of likely N-dealkylation sites (tertiary alicyclic amines) is 1. The average Bonchev–Trinajstić information content (AvgIpc) is 2.70. The lowest BCUT2D eigenvalue weighted by Gasteiger charge is -2.34. The van der Waals surface area contributed by atoms with E-state index in [0.29, 0.717) is 11.2 Å². The van der Waals surface area contributed by atoms with E-state index in [4.69, 9.17) is 0 Å². The minimum atomic E-state index is 0.0403. The molecule has 1 amide bonds. The fraction of sp³-hybridized carbons (Fsp3) is 0.375. The number of carbonyl (C=O) groups is 1. The van der Waals surface area contributed by atoms with Gasteiger partial charge in [0.05, 0.1) is 11.3 Å². The van der Waals surface area contributed by atoms with Crippen LogP contribution in [-0.4, -0.2) is 33.4 Å². The third kappa shape index (κ3) is 3.82. The zero-order valence-electron chi connectivity index (χ0n) is 17.6. The van der Waals surface area contributed by atoms with Crippen LogP contribution in [0.3, 0.4) is 0 Å². The zero-order valence-corrected chi connectivity index (χ0v) is 17.6.